The molecule has 2 amide bonds. The molecule has 2 atom stereocenters. The van der Waals surface area contributed by atoms with E-state index in [4.69, 9.17) is 0 Å². The number of carbonyl (C=O) groups is 7. The van der Waals surface area contributed by atoms with Crippen LogP contribution in [-0.4, -0.2) is 173 Å². The van der Waals surface area contributed by atoms with Crippen molar-refractivity contribution < 1.29 is 59.1 Å². The van der Waals surface area contributed by atoms with E-state index >= 15 is 0 Å². The highest BCUT2D eigenvalue weighted by atomic mass is 16.4. The van der Waals surface area contributed by atoms with E-state index in [2.05, 4.69) is 30.6 Å². The van der Waals surface area contributed by atoms with Crippen molar-refractivity contribution in [2.45, 2.75) is 24.9 Å². The average molecular weight is 668 g/mol. The smallest absolute Gasteiger partial charge is 0.326 e. The van der Waals surface area contributed by atoms with E-state index in [-0.39, 0.29) is 39.0 Å². The van der Waals surface area contributed by atoms with Crippen LogP contribution in [0, 0.1) is 0 Å². The van der Waals surface area contributed by atoms with Gasteiger partial charge in [0.1, 0.15) is 12.1 Å². The van der Waals surface area contributed by atoms with Crippen LogP contribution in [0.2, 0.25) is 0 Å². The quantitative estimate of drug-likeness (QED) is 0.0518. The third kappa shape index (κ3) is 15.4. The van der Waals surface area contributed by atoms with E-state index < -0.39 is 86.5 Å². The fourth-order valence-electron chi connectivity index (χ4n) is 4.36. The number of nitrogens with one attached hydrogen (secondary N) is 4. The molecule has 2 aromatic heterocycles. The fraction of sp³-hybridized carbons (Fsp3) is 0.500. The predicted octanol–water partition coefficient (Wildman–Crippen LogP) is -3.78. The Labute approximate surface area is 266 Å². The molecule has 21 nitrogen and oxygen atoms in total. The maximum Gasteiger partial charge on any atom is 0.326 e. The first-order chi connectivity index (χ1) is 22.2. The highest BCUT2D eigenvalue weighted by Gasteiger charge is 2.25. The number of H-pyrrole nitrogens is 2. The van der Waals surface area contributed by atoms with Gasteiger partial charge in [-0.1, -0.05) is 0 Å². The van der Waals surface area contributed by atoms with Gasteiger partial charge in [-0.25, -0.2) is 19.6 Å². The van der Waals surface area contributed by atoms with Gasteiger partial charge in [0, 0.05) is 62.8 Å². The molecular weight excluding hydrogens is 630 g/mol. The van der Waals surface area contributed by atoms with E-state index in [9.17, 15) is 59.1 Å². The number of hydrogen-bond acceptors (Lipinski definition) is 12. The first-order valence-corrected chi connectivity index (χ1v) is 14.0. The van der Waals surface area contributed by atoms with E-state index in [1.54, 1.807) is 0 Å². The highest BCUT2D eigenvalue weighted by molar-refractivity contribution is 5.86. The molecule has 2 heterocycles. The third-order valence-corrected chi connectivity index (χ3v) is 6.50. The lowest BCUT2D eigenvalue weighted by Crippen LogP contribution is -2.50. The summed E-state index contributed by atoms with van der Waals surface area (Å²) >= 11 is 0. The summed E-state index contributed by atoms with van der Waals surface area (Å²) in [6.07, 6.45) is 5.21. The number of aliphatic carboxylic acids is 5. The molecule has 0 fully saturated rings. The summed E-state index contributed by atoms with van der Waals surface area (Å²) in [5, 5.41) is 51.7. The zero-order valence-corrected chi connectivity index (χ0v) is 25.1. The molecule has 0 saturated carbocycles. The van der Waals surface area contributed by atoms with Crippen LogP contribution in [0.3, 0.4) is 0 Å². The summed E-state index contributed by atoms with van der Waals surface area (Å²) in [5.74, 6) is -8.13. The minimum absolute atomic E-state index is 0.109. The number of rotatable bonds is 24. The van der Waals surface area contributed by atoms with Crippen molar-refractivity contribution >= 4 is 41.7 Å². The molecule has 2 aromatic rings. The Bertz CT molecular complexity index is 1260. The zero-order chi connectivity index (χ0) is 34.9. The first-order valence-electron chi connectivity index (χ1n) is 14.0. The van der Waals surface area contributed by atoms with Crippen LogP contribution in [0.5, 0.6) is 0 Å². The van der Waals surface area contributed by atoms with E-state index in [0.29, 0.717) is 11.4 Å². The number of carboxylic acid groups (broad SMARTS) is 5. The summed E-state index contributed by atoms with van der Waals surface area (Å²) in [4.78, 5) is 99.7. The maximum absolute atomic E-state index is 12.6. The second-order valence-corrected chi connectivity index (χ2v) is 10.4. The van der Waals surface area contributed by atoms with Gasteiger partial charge in [0.25, 0.3) is 0 Å². The molecule has 9 N–H and O–H groups in total. The Balaban J connectivity index is 2.02. The first kappa shape index (κ1) is 37.8. The van der Waals surface area contributed by atoms with E-state index in [1.807, 2.05) is 0 Å². The van der Waals surface area contributed by atoms with Crippen molar-refractivity contribution in [1.82, 2.24) is 45.3 Å². The standard InChI is InChI=1S/C26H37N9O12/c36-20(31-18(25(44)45)5-16-7-27-14-29-16)9-34(12-23(40)41)3-1-33(11-22(38)39)2-4-35(13-24(42)43)10-21(37)32-19(26(46)47)6-17-8-28-15-30-17/h7-8,14-15,18-19H,1-6,9-13H2,(H,27,29)(H,28,30)(H,31,36)(H,32,37)(H,38,39)(H,40,41)(H,42,43)(H,44,45)(H,46,47)/t18-,19-/m1/s1. The second kappa shape index (κ2) is 19.2. The van der Waals surface area contributed by atoms with E-state index in [1.165, 1.54) is 29.9 Å². The molecule has 0 aliphatic heterocycles. The number of hydrogen-bond donors (Lipinski definition) is 9. The number of aromatic nitrogens is 4. The van der Waals surface area contributed by atoms with Crippen molar-refractivity contribution in [1.29, 1.82) is 0 Å². The minimum Gasteiger partial charge on any atom is -0.480 e. The fourth-order valence-corrected chi connectivity index (χ4v) is 4.36. The van der Waals surface area contributed by atoms with Crippen molar-refractivity contribution in [3.63, 3.8) is 0 Å². The molecule has 0 unspecified atom stereocenters. The van der Waals surface area contributed by atoms with Crippen molar-refractivity contribution in [2.75, 3.05) is 58.9 Å². The summed E-state index contributed by atoms with van der Waals surface area (Å²) in [7, 11) is 0. The molecule has 0 bridgehead atoms. The molecule has 0 radical (unpaired) electrons. The normalized spacial score (nSPS) is 12.5. The second-order valence-electron chi connectivity index (χ2n) is 10.4. The Kier molecular flexibility index (Phi) is 15.4. The number of carboxylic acids is 5. The molecule has 0 spiro atoms. The van der Waals surface area contributed by atoms with Gasteiger partial charge >= 0.3 is 29.8 Å². The molecule has 21 heteroatoms. The van der Waals surface area contributed by atoms with Crippen LogP contribution >= 0.6 is 0 Å². The lowest BCUT2D eigenvalue weighted by atomic mass is 10.1. The molecule has 0 aliphatic carbocycles. The van der Waals surface area contributed by atoms with Crippen LogP contribution in [0.25, 0.3) is 0 Å². The molecule has 0 aliphatic rings. The van der Waals surface area contributed by atoms with Crippen molar-refractivity contribution in [3.8, 4) is 0 Å². The van der Waals surface area contributed by atoms with E-state index in [0.717, 1.165) is 9.80 Å². The monoisotopic (exact) mass is 667 g/mol. The molecular formula is C26H37N9O12. The molecule has 2 rings (SSSR count). The number of imidazole rings is 2. The summed E-state index contributed by atoms with van der Waals surface area (Å²) in [5.41, 5.74) is 0.879. The highest BCUT2D eigenvalue weighted by Crippen LogP contribution is 2.02. The summed E-state index contributed by atoms with van der Waals surface area (Å²) in [6, 6.07) is -2.68. The summed E-state index contributed by atoms with van der Waals surface area (Å²) < 4.78 is 0. The van der Waals surface area contributed by atoms with Gasteiger partial charge in [-0.2, -0.15) is 0 Å². The van der Waals surface area contributed by atoms with Gasteiger partial charge < -0.3 is 46.1 Å². The number of aromatic amines is 2. The Morgan fingerprint density at radius 1 is 0.574 bits per heavy atom. The van der Waals surface area contributed by atoms with Crippen LogP contribution < -0.4 is 10.6 Å². The van der Waals surface area contributed by atoms with Gasteiger partial charge in [0.05, 0.1) is 45.4 Å². The third-order valence-electron chi connectivity index (χ3n) is 6.50. The van der Waals surface area contributed by atoms with Crippen LogP contribution in [-0.2, 0) is 46.4 Å². The van der Waals surface area contributed by atoms with Crippen LogP contribution in [0.4, 0.5) is 0 Å². The van der Waals surface area contributed by atoms with Gasteiger partial charge in [-0.05, 0) is 0 Å². The SMILES string of the molecule is O=C(O)CN(CCN(CC(=O)O)CC(=O)N[C@H](Cc1cnc[nH]1)C(=O)O)CCN(CC(=O)O)CC(=O)N[C@H](Cc1cnc[nH]1)C(=O)O. The number of nitrogens with zero attached hydrogens (tertiary/aromatic N) is 5. The predicted molar refractivity (Wildman–Crippen MR) is 156 cm³/mol. The Morgan fingerprint density at radius 2 is 0.915 bits per heavy atom. The summed E-state index contributed by atoms with van der Waals surface area (Å²) in [6.45, 7) is -3.43. The molecule has 0 aromatic carbocycles. The van der Waals surface area contributed by atoms with Gasteiger partial charge in [0.15, 0.2) is 0 Å². The van der Waals surface area contributed by atoms with Crippen molar-refractivity contribution in [2.24, 2.45) is 0 Å². The number of amides is 2. The van der Waals surface area contributed by atoms with Gasteiger partial charge in [0.2, 0.25) is 11.8 Å². The van der Waals surface area contributed by atoms with Gasteiger partial charge in [-0.15, -0.1) is 0 Å². The molecule has 0 saturated heterocycles. The maximum atomic E-state index is 12.6. The average Bonchev–Trinajstić information content (AvgIpc) is 3.67. The minimum atomic E-state index is -1.34. The topological polar surface area (TPSA) is 312 Å². The Hall–Kier alpha value is -5.41. The Morgan fingerprint density at radius 3 is 1.21 bits per heavy atom. The molecule has 258 valence electrons. The van der Waals surface area contributed by atoms with Crippen molar-refractivity contribution in [3.05, 3.63) is 36.4 Å². The zero-order valence-electron chi connectivity index (χ0n) is 25.1. The molecule has 47 heavy (non-hydrogen) atoms. The largest absolute Gasteiger partial charge is 0.480 e. The van der Waals surface area contributed by atoms with Crippen LogP contribution in [0.15, 0.2) is 25.0 Å². The van der Waals surface area contributed by atoms with Gasteiger partial charge in [-0.3, -0.25) is 38.7 Å². The number of carbonyl (C=O) groups excluding carboxylic acids is 2. The lowest BCUT2D eigenvalue weighted by Gasteiger charge is -2.28. The van der Waals surface area contributed by atoms with Crippen LogP contribution in [0.1, 0.15) is 11.4 Å². The lowest BCUT2D eigenvalue weighted by molar-refractivity contribution is -0.143.